The van der Waals surface area contributed by atoms with Gasteiger partial charge < -0.3 is 15.5 Å². The molecule has 0 spiro atoms. The highest BCUT2D eigenvalue weighted by atomic mass is 19.3. The Bertz CT molecular complexity index is 199. The number of halogens is 2. The molecule has 3 N–H and O–H groups in total. The molecule has 0 aromatic rings. The van der Waals surface area contributed by atoms with Crippen molar-refractivity contribution < 1.29 is 23.8 Å². The standard InChI is InChI=1S/C6H9F2NO3/c7-5(8)6(12)1-2-9-3(6)4(10)11/h3,5,9,12H,1-2H2,(H,10,11)/t3-,6+/m1/s1. The van der Waals surface area contributed by atoms with E-state index >= 15 is 0 Å². The fraction of sp³-hybridized carbons (Fsp3) is 0.833. The SMILES string of the molecule is O=C(O)[C@H]1NCC[C@@]1(O)C(F)F. The number of hydrogen-bond donors (Lipinski definition) is 3. The van der Waals surface area contributed by atoms with Gasteiger partial charge in [-0.25, -0.2) is 8.78 Å². The summed E-state index contributed by atoms with van der Waals surface area (Å²) in [4.78, 5) is 10.4. The van der Waals surface area contributed by atoms with E-state index in [1.165, 1.54) is 0 Å². The first-order chi connectivity index (χ1) is 5.48. The molecular formula is C6H9F2NO3. The Morgan fingerprint density at radius 3 is 2.58 bits per heavy atom. The van der Waals surface area contributed by atoms with Crippen molar-refractivity contribution >= 4 is 5.97 Å². The topological polar surface area (TPSA) is 69.6 Å². The molecule has 12 heavy (non-hydrogen) atoms. The number of hydrogen-bond acceptors (Lipinski definition) is 3. The highest BCUT2D eigenvalue weighted by Crippen LogP contribution is 2.28. The molecule has 0 aliphatic carbocycles. The Balaban J connectivity index is 2.81. The van der Waals surface area contributed by atoms with Crippen molar-refractivity contribution in [2.45, 2.75) is 24.5 Å². The maximum Gasteiger partial charge on any atom is 0.323 e. The second-order valence-corrected chi connectivity index (χ2v) is 2.77. The van der Waals surface area contributed by atoms with Gasteiger partial charge >= 0.3 is 5.97 Å². The summed E-state index contributed by atoms with van der Waals surface area (Å²) in [5, 5.41) is 19.9. The Kier molecular flexibility index (Phi) is 2.29. The fourth-order valence-electron chi connectivity index (χ4n) is 1.27. The Labute approximate surface area is 67.2 Å². The number of rotatable bonds is 2. The third kappa shape index (κ3) is 1.27. The summed E-state index contributed by atoms with van der Waals surface area (Å²) in [6, 6.07) is -1.56. The third-order valence-electron chi connectivity index (χ3n) is 2.00. The molecule has 1 heterocycles. The molecule has 1 rings (SSSR count). The lowest BCUT2D eigenvalue weighted by Crippen LogP contribution is -2.52. The molecule has 1 aliphatic rings. The Morgan fingerprint density at radius 2 is 2.25 bits per heavy atom. The van der Waals surface area contributed by atoms with Gasteiger partial charge in [-0.2, -0.15) is 0 Å². The zero-order chi connectivity index (χ0) is 9.35. The minimum absolute atomic E-state index is 0.0950. The molecule has 0 aromatic carbocycles. The van der Waals surface area contributed by atoms with Crippen molar-refractivity contribution in [1.82, 2.24) is 5.32 Å². The predicted octanol–water partition coefficient (Wildman–Crippen LogP) is -0.571. The first kappa shape index (κ1) is 9.34. The van der Waals surface area contributed by atoms with Crippen LogP contribution in [0.5, 0.6) is 0 Å². The molecule has 0 bridgehead atoms. The molecule has 0 aromatic heterocycles. The second kappa shape index (κ2) is 2.95. The van der Waals surface area contributed by atoms with Crippen LogP contribution in [0.3, 0.4) is 0 Å². The molecule has 1 saturated heterocycles. The van der Waals surface area contributed by atoms with Gasteiger partial charge in [0.05, 0.1) is 0 Å². The van der Waals surface area contributed by atoms with E-state index in [-0.39, 0.29) is 13.0 Å². The van der Waals surface area contributed by atoms with Crippen LogP contribution in [-0.2, 0) is 4.79 Å². The van der Waals surface area contributed by atoms with E-state index < -0.39 is 24.0 Å². The largest absolute Gasteiger partial charge is 0.480 e. The number of carboxylic acids is 1. The fourth-order valence-corrected chi connectivity index (χ4v) is 1.27. The normalized spacial score (nSPS) is 35.8. The number of alkyl halides is 2. The van der Waals surface area contributed by atoms with Gasteiger partial charge in [0.2, 0.25) is 0 Å². The summed E-state index contributed by atoms with van der Waals surface area (Å²) in [6.07, 6.45) is -3.27. The van der Waals surface area contributed by atoms with Gasteiger partial charge in [-0.15, -0.1) is 0 Å². The molecular weight excluding hydrogens is 172 g/mol. The molecule has 0 radical (unpaired) electrons. The van der Waals surface area contributed by atoms with E-state index in [4.69, 9.17) is 5.11 Å². The van der Waals surface area contributed by atoms with Gasteiger partial charge in [-0.05, 0) is 13.0 Å². The summed E-state index contributed by atoms with van der Waals surface area (Å²) >= 11 is 0. The monoisotopic (exact) mass is 181 g/mol. The molecule has 6 heteroatoms. The van der Waals surface area contributed by atoms with Crippen molar-refractivity contribution in [2.75, 3.05) is 6.54 Å². The van der Waals surface area contributed by atoms with Gasteiger partial charge in [0.25, 0.3) is 6.43 Å². The molecule has 0 amide bonds. The maximum absolute atomic E-state index is 12.2. The first-order valence-electron chi connectivity index (χ1n) is 3.45. The van der Waals surface area contributed by atoms with Crippen LogP contribution in [0.1, 0.15) is 6.42 Å². The maximum atomic E-state index is 12.2. The van der Waals surface area contributed by atoms with Crippen LogP contribution in [0, 0.1) is 0 Å². The van der Waals surface area contributed by atoms with Crippen molar-refractivity contribution in [2.24, 2.45) is 0 Å². The van der Waals surface area contributed by atoms with Crippen LogP contribution in [0.25, 0.3) is 0 Å². The Hall–Kier alpha value is -0.750. The lowest BCUT2D eigenvalue weighted by molar-refractivity contribution is -0.155. The van der Waals surface area contributed by atoms with E-state index in [2.05, 4.69) is 5.32 Å². The minimum atomic E-state index is -3.03. The number of aliphatic carboxylic acids is 1. The average molecular weight is 181 g/mol. The smallest absolute Gasteiger partial charge is 0.323 e. The van der Waals surface area contributed by atoms with Crippen LogP contribution in [0.15, 0.2) is 0 Å². The van der Waals surface area contributed by atoms with Crippen LogP contribution < -0.4 is 5.32 Å². The second-order valence-electron chi connectivity index (χ2n) is 2.77. The quantitative estimate of drug-likeness (QED) is 0.533. The van der Waals surface area contributed by atoms with Gasteiger partial charge in [0, 0.05) is 0 Å². The van der Waals surface area contributed by atoms with Gasteiger partial charge in [0.15, 0.2) is 5.60 Å². The van der Waals surface area contributed by atoms with E-state index in [1.807, 2.05) is 0 Å². The van der Waals surface area contributed by atoms with Crippen LogP contribution in [0.4, 0.5) is 8.78 Å². The number of carboxylic acid groups (broad SMARTS) is 1. The zero-order valence-electron chi connectivity index (χ0n) is 6.13. The van der Waals surface area contributed by atoms with Gasteiger partial charge in [-0.3, -0.25) is 4.79 Å². The number of aliphatic hydroxyl groups is 1. The lowest BCUT2D eigenvalue weighted by Gasteiger charge is -2.25. The highest BCUT2D eigenvalue weighted by molar-refractivity contribution is 5.75. The van der Waals surface area contributed by atoms with Gasteiger partial charge in [0.1, 0.15) is 6.04 Å². The summed E-state index contributed by atoms with van der Waals surface area (Å²) in [5.41, 5.74) is -2.41. The number of nitrogens with one attached hydrogen (secondary N) is 1. The lowest BCUT2D eigenvalue weighted by atomic mass is 9.96. The van der Waals surface area contributed by atoms with Crippen LogP contribution >= 0.6 is 0 Å². The minimum Gasteiger partial charge on any atom is -0.480 e. The van der Waals surface area contributed by atoms with E-state index in [9.17, 15) is 18.7 Å². The highest BCUT2D eigenvalue weighted by Gasteiger charge is 2.52. The molecule has 2 atom stereocenters. The molecule has 0 saturated carbocycles. The summed E-state index contributed by atoms with van der Waals surface area (Å²) < 4.78 is 24.4. The summed E-state index contributed by atoms with van der Waals surface area (Å²) in [6.45, 7) is 0.0950. The molecule has 1 fully saturated rings. The van der Waals surface area contributed by atoms with Crippen molar-refractivity contribution in [3.8, 4) is 0 Å². The molecule has 0 unspecified atom stereocenters. The van der Waals surface area contributed by atoms with E-state index in [1.54, 1.807) is 0 Å². The van der Waals surface area contributed by atoms with Crippen LogP contribution in [0.2, 0.25) is 0 Å². The van der Waals surface area contributed by atoms with Crippen molar-refractivity contribution in [3.05, 3.63) is 0 Å². The average Bonchev–Trinajstić information content (AvgIpc) is 2.32. The van der Waals surface area contributed by atoms with Gasteiger partial charge in [-0.1, -0.05) is 0 Å². The summed E-state index contributed by atoms with van der Waals surface area (Å²) in [5.74, 6) is -1.45. The third-order valence-corrected chi connectivity index (χ3v) is 2.00. The van der Waals surface area contributed by atoms with Crippen molar-refractivity contribution in [3.63, 3.8) is 0 Å². The molecule has 4 nitrogen and oxygen atoms in total. The van der Waals surface area contributed by atoms with Crippen molar-refractivity contribution in [1.29, 1.82) is 0 Å². The van der Waals surface area contributed by atoms with E-state index in [0.29, 0.717) is 0 Å². The summed E-state index contributed by atoms with van der Waals surface area (Å²) in [7, 11) is 0. The first-order valence-corrected chi connectivity index (χ1v) is 3.45. The predicted molar refractivity (Wildman–Crippen MR) is 35.0 cm³/mol. The molecule has 1 aliphatic heterocycles. The molecule has 70 valence electrons. The number of carbonyl (C=O) groups is 1. The zero-order valence-corrected chi connectivity index (χ0v) is 6.13. The van der Waals surface area contributed by atoms with Crippen LogP contribution in [-0.4, -0.2) is 40.8 Å². The Morgan fingerprint density at radius 1 is 1.67 bits per heavy atom. The van der Waals surface area contributed by atoms with E-state index in [0.717, 1.165) is 0 Å².